The molecular formula is C14H28N2O. The summed E-state index contributed by atoms with van der Waals surface area (Å²) in [5, 5.41) is 0. The van der Waals surface area contributed by atoms with Gasteiger partial charge in [0.2, 0.25) is 5.91 Å². The standard InChI is InChI=1S/C14H28N2O/c1-5-14(4)7-6-8-16(10-14)13(17)12(15)9-11(2)3/h11-12H,5-10,15H2,1-4H3/t12-,14?/m0/s1. The topological polar surface area (TPSA) is 46.3 Å². The zero-order valence-electron chi connectivity index (χ0n) is 11.8. The fraction of sp³-hybridized carbons (Fsp3) is 0.929. The molecule has 1 rings (SSSR count). The van der Waals surface area contributed by atoms with Gasteiger partial charge in [0.05, 0.1) is 6.04 Å². The summed E-state index contributed by atoms with van der Waals surface area (Å²) < 4.78 is 0. The average Bonchev–Trinajstić information content (AvgIpc) is 2.27. The van der Waals surface area contributed by atoms with Crippen LogP contribution in [0.15, 0.2) is 0 Å². The normalized spacial score (nSPS) is 27.3. The number of rotatable bonds is 4. The van der Waals surface area contributed by atoms with E-state index in [0.29, 0.717) is 11.3 Å². The molecule has 3 nitrogen and oxygen atoms in total. The fourth-order valence-electron chi connectivity index (χ4n) is 2.64. The number of piperidine rings is 1. The summed E-state index contributed by atoms with van der Waals surface area (Å²) in [6.45, 7) is 10.5. The van der Waals surface area contributed by atoms with Crippen molar-refractivity contribution in [3.05, 3.63) is 0 Å². The number of likely N-dealkylation sites (tertiary alicyclic amines) is 1. The molecular weight excluding hydrogens is 212 g/mol. The quantitative estimate of drug-likeness (QED) is 0.820. The number of nitrogens with two attached hydrogens (primary N) is 1. The molecule has 0 aromatic rings. The van der Waals surface area contributed by atoms with E-state index in [0.717, 1.165) is 32.4 Å². The van der Waals surface area contributed by atoms with Crippen LogP contribution in [0.2, 0.25) is 0 Å². The molecule has 0 spiro atoms. The van der Waals surface area contributed by atoms with E-state index < -0.39 is 0 Å². The van der Waals surface area contributed by atoms with Gasteiger partial charge in [-0.3, -0.25) is 4.79 Å². The van der Waals surface area contributed by atoms with Gasteiger partial charge in [0.15, 0.2) is 0 Å². The monoisotopic (exact) mass is 240 g/mol. The summed E-state index contributed by atoms with van der Waals surface area (Å²) in [6, 6.07) is -0.311. The third kappa shape index (κ3) is 3.98. The summed E-state index contributed by atoms with van der Waals surface area (Å²) in [5.74, 6) is 0.634. The van der Waals surface area contributed by atoms with E-state index in [-0.39, 0.29) is 11.9 Å². The number of nitrogens with zero attached hydrogens (tertiary/aromatic N) is 1. The molecule has 1 amide bonds. The van der Waals surface area contributed by atoms with Crippen LogP contribution in [0.5, 0.6) is 0 Å². The van der Waals surface area contributed by atoms with Crippen LogP contribution in [-0.2, 0) is 4.79 Å². The van der Waals surface area contributed by atoms with Gasteiger partial charge in [-0.2, -0.15) is 0 Å². The van der Waals surface area contributed by atoms with Crippen molar-refractivity contribution in [1.82, 2.24) is 4.90 Å². The fourth-order valence-corrected chi connectivity index (χ4v) is 2.64. The van der Waals surface area contributed by atoms with Crippen LogP contribution >= 0.6 is 0 Å². The highest BCUT2D eigenvalue weighted by Crippen LogP contribution is 2.32. The molecule has 1 saturated heterocycles. The zero-order chi connectivity index (χ0) is 13.1. The van der Waals surface area contributed by atoms with Gasteiger partial charge in [-0.25, -0.2) is 0 Å². The highest BCUT2D eigenvalue weighted by Gasteiger charge is 2.33. The van der Waals surface area contributed by atoms with Gasteiger partial charge in [-0.1, -0.05) is 27.7 Å². The van der Waals surface area contributed by atoms with Gasteiger partial charge < -0.3 is 10.6 Å². The van der Waals surface area contributed by atoms with Crippen molar-refractivity contribution in [2.24, 2.45) is 17.1 Å². The molecule has 0 aliphatic carbocycles. The van der Waals surface area contributed by atoms with Crippen molar-refractivity contribution in [2.75, 3.05) is 13.1 Å². The van der Waals surface area contributed by atoms with Crippen molar-refractivity contribution in [3.63, 3.8) is 0 Å². The Labute approximate surface area is 106 Å². The maximum absolute atomic E-state index is 12.2. The van der Waals surface area contributed by atoms with E-state index in [2.05, 4.69) is 27.7 Å². The molecule has 1 unspecified atom stereocenters. The van der Waals surface area contributed by atoms with E-state index in [9.17, 15) is 4.79 Å². The van der Waals surface area contributed by atoms with E-state index in [1.165, 1.54) is 6.42 Å². The summed E-state index contributed by atoms with van der Waals surface area (Å²) in [5.41, 5.74) is 6.28. The zero-order valence-corrected chi connectivity index (χ0v) is 11.8. The van der Waals surface area contributed by atoms with Crippen LogP contribution in [0.1, 0.15) is 53.4 Å². The Morgan fingerprint density at radius 3 is 2.65 bits per heavy atom. The molecule has 0 aromatic heterocycles. The smallest absolute Gasteiger partial charge is 0.239 e. The number of carbonyl (C=O) groups excluding carboxylic acids is 1. The third-order valence-electron chi connectivity index (χ3n) is 3.99. The summed E-state index contributed by atoms with van der Waals surface area (Å²) in [6.07, 6.45) is 4.27. The van der Waals surface area contributed by atoms with E-state index in [4.69, 9.17) is 5.73 Å². The van der Waals surface area contributed by atoms with Crippen LogP contribution in [0.4, 0.5) is 0 Å². The molecule has 1 heterocycles. The first-order valence-electron chi connectivity index (χ1n) is 6.92. The molecule has 17 heavy (non-hydrogen) atoms. The van der Waals surface area contributed by atoms with Gasteiger partial charge >= 0.3 is 0 Å². The lowest BCUT2D eigenvalue weighted by molar-refractivity contribution is -0.136. The van der Waals surface area contributed by atoms with Crippen molar-refractivity contribution >= 4 is 5.91 Å². The second-order valence-corrected chi connectivity index (χ2v) is 6.26. The minimum absolute atomic E-state index is 0.151. The number of amides is 1. The molecule has 0 aromatic carbocycles. The van der Waals surface area contributed by atoms with Crippen molar-refractivity contribution < 1.29 is 4.79 Å². The lowest BCUT2D eigenvalue weighted by Gasteiger charge is -2.41. The van der Waals surface area contributed by atoms with Crippen LogP contribution in [-0.4, -0.2) is 29.9 Å². The van der Waals surface area contributed by atoms with Crippen LogP contribution in [0, 0.1) is 11.3 Å². The van der Waals surface area contributed by atoms with Crippen LogP contribution < -0.4 is 5.73 Å². The largest absolute Gasteiger partial charge is 0.341 e. The number of hydrogen-bond donors (Lipinski definition) is 1. The molecule has 0 saturated carbocycles. The van der Waals surface area contributed by atoms with Gasteiger partial charge in [-0.15, -0.1) is 0 Å². The average molecular weight is 240 g/mol. The Hall–Kier alpha value is -0.570. The SMILES string of the molecule is CCC1(C)CCCN(C(=O)[C@@H](N)CC(C)C)C1. The summed E-state index contributed by atoms with van der Waals surface area (Å²) in [4.78, 5) is 14.2. The predicted octanol–water partition coefficient (Wildman–Crippen LogP) is 2.40. The molecule has 2 N–H and O–H groups in total. The van der Waals surface area contributed by atoms with Crippen molar-refractivity contribution in [3.8, 4) is 0 Å². The molecule has 1 aliphatic rings. The van der Waals surface area contributed by atoms with Gasteiger partial charge in [0, 0.05) is 13.1 Å². The van der Waals surface area contributed by atoms with E-state index >= 15 is 0 Å². The van der Waals surface area contributed by atoms with Gasteiger partial charge in [-0.05, 0) is 37.0 Å². The van der Waals surface area contributed by atoms with Gasteiger partial charge in [0.25, 0.3) is 0 Å². The van der Waals surface area contributed by atoms with Gasteiger partial charge in [0.1, 0.15) is 0 Å². The first-order valence-corrected chi connectivity index (χ1v) is 6.92. The molecule has 3 heteroatoms. The molecule has 2 atom stereocenters. The Kier molecular flexibility index (Phi) is 4.99. The minimum atomic E-state index is -0.311. The number of hydrogen-bond acceptors (Lipinski definition) is 2. The second kappa shape index (κ2) is 5.85. The minimum Gasteiger partial charge on any atom is -0.341 e. The van der Waals surface area contributed by atoms with Crippen LogP contribution in [0.3, 0.4) is 0 Å². The third-order valence-corrected chi connectivity index (χ3v) is 3.99. The summed E-state index contributed by atoms with van der Waals surface area (Å²) >= 11 is 0. The molecule has 100 valence electrons. The lowest BCUT2D eigenvalue weighted by Crippen LogP contribution is -2.50. The maximum atomic E-state index is 12.2. The lowest BCUT2D eigenvalue weighted by atomic mass is 9.79. The van der Waals surface area contributed by atoms with E-state index in [1.807, 2.05) is 4.90 Å². The Morgan fingerprint density at radius 1 is 1.47 bits per heavy atom. The maximum Gasteiger partial charge on any atom is 0.239 e. The Morgan fingerprint density at radius 2 is 2.12 bits per heavy atom. The molecule has 1 fully saturated rings. The molecule has 1 aliphatic heterocycles. The number of carbonyl (C=O) groups is 1. The highest BCUT2D eigenvalue weighted by molar-refractivity contribution is 5.81. The first kappa shape index (κ1) is 14.5. The highest BCUT2D eigenvalue weighted by atomic mass is 16.2. The van der Waals surface area contributed by atoms with E-state index in [1.54, 1.807) is 0 Å². The summed E-state index contributed by atoms with van der Waals surface area (Å²) in [7, 11) is 0. The Bertz CT molecular complexity index is 265. The predicted molar refractivity (Wildman–Crippen MR) is 71.6 cm³/mol. The van der Waals surface area contributed by atoms with Crippen molar-refractivity contribution in [2.45, 2.75) is 59.4 Å². The first-order chi connectivity index (χ1) is 7.88. The second-order valence-electron chi connectivity index (χ2n) is 6.26. The molecule has 0 radical (unpaired) electrons. The Balaban J connectivity index is 2.57. The molecule has 0 bridgehead atoms. The van der Waals surface area contributed by atoms with Crippen molar-refractivity contribution in [1.29, 1.82) is 0 Å². The van der Waals surface area contributed by atoms with Crippen LogP contribution in [0.25, 0.3) is 0 Å².